The van der Waals surface area contributed by atoms with Crippen molar-refractivity contribution in [3.63, 3.8) is 0 Å². The molecule has 0 aliphatic carbocycles. The number of halogens is 2. The van der Waals surface area contributed by atoms with Crippen molar-refractivity contribution in [2.45, 2.75) is 17.9 Å². The molecule has 0 bridgehead atoms. The molecule has 1 saturated heterocycles. The molecule has 2 aliphatic heterocycles. The first-order chi connectivity index (χ1) is 11.7. The number of piperazine rings is 1. The zero-order chi connectivity index (χ0) is 18.1. The Labute approximate surface area is 157 Å². The molecular formula is C14H15FIN5O3S. The van der Waals surface area contributed by atoms with Crippen LogP contribution in [0.15, 0.2) is 9.69 Å². The van der Waals surface area contributed by atoms with Crippen LogP contribution < -0.4 is 10.6 Å². The molecule has 0 amide bonds. The summed E-state index contributed by atoms with van der Waals surface area (Å²) in [4.78, 5) is 23.9. The summed E-state index contributed by atoms with van der Waals surface area (Å²) >= 11 is 1.72. The quantitative estimate of drug-likeness (QED) is 0.504. The van der Waals surface area contributed by atoms with E-state index in [1.165, 1.54) is 6.92 Å². The number of hydrogen-bond acceptors (Lipinski definition) is 7. The standard InChI is InChI=1S/C14H15FIN5O3S/c1-7-10(15)11-9-12(18-14(22)21(16)13(9)17-7)20-4-3-19(2)5-8(20)6-25(11,23)24/h8H,3-6H2,1-2H3. The molecule has 1 unspecified atom stereocenters. The van der Waals surface area contributed by atoms with Gasteiger partial charge in [0.15, 0.2) is 21.3 Å². The van der Waals surface area contributed by atoms with Gasteiger partial charge in [-0.3, -0.25) is 0 Å². The van der Waals surface area contributed by atoms with Crippen LogP contribution in [0.5, 0.6) is 0 Å². The van der Waals surface area contributed by atoms with E-state index < -0.39 is 27.4 Å². The Balaban J connectivity index is 2.19. The maximum Gasteiger partial charge on any atom is 0.360 e. The molecule has 2 aromatic rings. The number of rotatable bonds is 0. The minimum Gasteiger partial charge on any atom is -0.349 e. The molecular weight excluding hydrogens is 464 g/mol. The third kappa shape index (κ3) is 2.46. The molecule has 0 saturated carbocycles. The highest BCUT2D eigenvalue weighted by Gasteiger charge is 2.40. The summed E-state index contributed by atoms with van der Waals surface area (Å²) in [7, 11) is -2.00. The van der Waals surface area contributed by atoms with Crippen molar-refractivity contribution in [3.8, 4) is 0 Å². The highest BCUT2D eigenvalue weighted by Crippen LogP contribution is 2.37. The lowest BCUT2D eigenvalue weighted by Crippen LogP contribution is -2.54. The third-order valence-corrected chi connectivity index (χ3v) is 7.40. The number of sulfone groups is 1. The van der Waals surface area contributed by atoms with Crippen LogP contribution in [0.25, 0.3) is 11.0 Å². The molecule has 2 aromatic heterocycles. The molecule has 4 heterocycles. The monoisotopic (exact) mass is 479 g/mol. The number of aryl methyl sites for hydroxylation is 1. The SMILES string of the molecule is Cc1nc2c3c(nc(=O)n2I)N2CCN(C)CC2CS(=O)(=O)c3c1F. The summed E-state index contributed by atoms with van der Waals surface area (Å²) in [5.74, 6) is -0.870. The first-order valence-electron chi connectivity index (χ1n) is 7.67. The molecule has 11 heteroatoms. The molecule has 134 valence electrons. The van der Waals surface area contributed by atoms with Crippen molar-refractivity contribution in [2.24, 2.45) is 0 Å². The highest BCUT2D eigenvalue weighted by molar-refractivity contribution is 14.1. The van der Waals surface area contributed by atoms with Crippen LogP contribution in [0.2, 0.25) is 0 Å². The zero-order valence-electron chi connectivity index (χ0n) is 13.5. The summed E-state index contributed by atoms with van der Waals surface area (Å²) in [6.45, 7) is 3.11. The summed E-state index contributed by atoms with van der Waals surface area (Å²) in [5.41, 5.74) is -0.470. The normalized spacial score (nSPS) is 22.7. The van der Waals surface area contributed by atoms with Gasteiger partial charge in [0.05, 0.1) is 45.7 Å². The van der Waals surface area contributed by atoms with E-state index in [2.05, 4.69) is 9.97 Å². The number of nitrogens with zero attached hydrogens (tertiary/aromatic N) is 5. The minimum atomic E-state index is -3.90. The molecule has 0 spiro atoms. The Bertz CT molecular complexity index is 1070. The largest absolute Gasteiger partial charge is 0.360 e. The lowest BCUT2D eigenvalue weighted by Gasteiger charge is -2.39. The Morgan fingerprint density at radius 1 is 1.28 bits per heavy atom. The number of likely N-dealkylation sites (N-methyl/N-ethyl adjacent to an activating group) is 1. The number of fused-ring (bicyclic) bond motifs is 2. The molecule has 1 atom stereocenters. The van der Waals surface area contributed by atoms with Crippen molar-refractivity contribution in [2.75, 3.05) is 37.3 Å². The van der Waals surface area contributed by atoms with Crippen LogP contribution in [0, 0.1) is 12.7 Å². The molecule has 8 nitrogen and oxygen atoms in total. The number of aromatic nitrogens is 3. The van der Waals surface area contributed by atoms with E-state index >= 15 is 0 Å². The number of anilines is 1. The van der Waals surface area contributed by atoms with E-state index in [1.807, 2.05) is 16.8 Å². The topological polar surface area (TPSA) is 88.4 Å². The van der Waals surface area contributed by atoms with Gasteiger partial charge < -0.3 is 9.80 Å². The van der Waals surface area contributed by atoms with Crippen LogP contribution in [-0.2, 0) is 9.84 Å². The lowest BCUT2D eigenvalue weighted by molar-refractivity contribution is 0.276. The Kier molecular flexibility index (Phi) is 3.81. The third-order valence-electron chi connectivity index (χ3n) is 4.70. The van der Waals surface area contributed by atoms with E-state index in [-0.39, 0.29) is 33.2 Å². The maximum absolute atomic E-state index is 14.8. The molecule has 0 radical (unpaired) electrons. The average molecular weight is 479 g/mol. The maximum atomic E-state index is 14.8. The minimum absolute atomic E-state index is 0.0509. The fourth-order valence-corrected chi connectivity index (χ4v) is 5.86. The van der Waals surface area contributed by atoms with Crippen molar-refractivity contribution in [1.29, 1.82) is 0 Å². The predicted octanol–water partition coefficient (Wildman–Crippen LogP) is 0.345. The first kappa shape index (κ1) is 17.1. The summed E-state index contributed by atoms with van der Waals surface area (Å²) < 4.78 is 41.9. The van der Waals surface area contributed by atoms with Crippen molar-refractivity contribution < 1.29 is 12.8 Å². The second kappa shape index (κ2) is 5.58. The number of pyridine rings is 1. The van der Waals surface area contributed by atoms with Gasteiger partial charge in [0.2, 0.25) is 0 Å². The fraction of sp³-hybridized carbons (Fsp3) is 0.500. The van der Waals surface area contributed by atoms with Gasteiger partial charge in [0.25, 0.3) is 0 Å². The molecule has 1 fully saturated rings. The predicted molar refractivity (Wildman–Crippen MR) is 98.6 cm³/mol. The van der Waals surface area contributed by atoms with Crippen LogP contribution in [0.3, 0.4) is 0 Å². The zero-order valence-corrected chi connectivity index (χ0v) is 16.5. The van der Waals surface area contributed by atoms with Crippen molar-refractivity contribution in [3.05, 3.63) is 22.0 Å². The van der Waals surface area contributed by atoms with Gasteiger partial charge in [-0.15, -0.1) is 0 Å². The van der Waals surface area contributed by atoms with Gasteiger partial charge in [-0.2, -0.15) is 4.98 Å². The van der Waals surface area contributed by atoms with Gasteiger partial charge in [-0.25, -0.2) is 25.4 Å². The summed E-state index contributed by atoms with van der Waals surface area (Å²) in [6, 6.07) is -0.393. The van der Waals surface area contributed by atoms with Crippen LogP contribution in [0.4, 0.5) is 10.2 Å². The molecule has 4 rings (SSSR count). The molecule has 0 N–H and O–H groups in total. The molecule has 2 aliphatic rings. The van der Waals surface area contributed by atoms with E-state index in [4.69, 9.17) is 0 Å². The lowest BCUT2D eigenvalue weighted by atomic mass is 10.1. The van der Waals surface area contributed by atoms with Gasteiger partial charge in [-0.05, 0) is 14.0 Å². The van der Waals surface area contributed by atoms with Crippen LogP contribution in [0.1, 0.15) is 5.69 Å². The van der Waals surface area contributed by atoms with Crippen LogP contribution in [-0.4, -0.2) is 64.5 Å². The van der Waals surface area contributed by atoms with E-state index in [0.717, 1.165) is 2.78 Å². The van der Waals surface area contributed by atoms with Gasteiger partial charge in [0, 0.05) is 19.6 Å². The summed E-state index contributed by atoms with van der Waals surface area (Å²) in [6.07, 6.45) is 0. The Morgan fingerprint density at radius 3 is 2.72 bits per heavy atom. The van der Waals surface area contributed by atoms with Crippen molar-refractivity contribution >= 4 is 49.6 Å². The van der Waals surface area contributed by atoms with E-state index in [9.17, 15) is 17.6 Å². The highest BCUT2D eigenvalue weighted by atomic mass is 127. The van der Waals surface area contributed by atoms with Gasteiger partial charge in [0.1, 0.15) is 10.7 Å². The number of hydrogen-bond donors (Lipinski definition) is 0. The smallest absolute Gasteiger partial charge is 0.349 e. The van der Waals surface area contributed by atoms with Crippen molar-refractivity contribution in [1.82, 2.24) is 17.6 Å². The Hall–Kier alpha value is -1.34. The second-order valence-corrected chi connectivity index (χ2v) is 9.36. The first-order valence-corrected chi connectivity index (χ1v) is 10.3. The van der Waals surface area contributed by atoms with Gasteiger partial charge >= 0.3 is 5.69 Å². The second-order valence-electron chi connectivity index (χ2n) is 6.43. The molecule has 0 aromatic carbocycles. The van der Waals surface area contributed by atoms with E-state index in [1.54, 1.807) is 22.9 Å². The Morgan fingerprint density at radius 2 is 2.00 bits per heavy atom. The van der Waals surface area contributed by atoms with Crippen LogP contribution >= 0.6 is 22.9 Å². The van der Waals surface area contributed by atoms with E-state index in [0.29, 0.717) is 19.6 Å². The summed E-state index contributed by atoms with van der Waals surface area (Å²) in [5, 5.41) is 0.101. The average Bonchev–Trinajstić information content (AvgIpc) is 2.61. The fourth-order valence-electron chi connectivity index (χ4n) is 3.53. The van der Waals surface area contributed by atoms with Gasteiger partial charge in [-0.1, -0.05) is 0 Å². The molecule has 25 heavy (non-hydrogen) atoms.